The second-order valence-electron chi connectivity index (χ2n) is 2.08. The molecule has 1 aliphatic rings. The van der Waals surface area contributed by atoms with E-state index in [9.17, 15) is 0 Å². The van der Waals surface area contributed by atoms with Crippen molar-refractivity contribution in [3.05, 3.63) is 23.7 Å². The molecule has 0 amide bonds. The Balaban J connectivity index is 2.57. The lowest BCUT2D eigenvalue weighted by molar-refractivity contribution is 0.416. The number of allylic oxidation sites excluding steroid dienone is 4. The average molecular weight is 124 g/mol. The molecule has 0 aromatic rings. The third-order valence-electron chi connectivity index (χ3n) is 1.38. The predicted octanol–water partition coefficient (Wildman–Crippen LogP) is 0.275. The van der Waals surface area contributed by atoms with Crippen LogP contribution in [0.2, 0.25) is 0 Å². The van der Waals surface area contributed by atoms with Gasteiger partial charge < -0.3 is 10.0 Å². The molecule has 0 heterocycles. The highest BCUT2D eigenvalue weighted by atomic mass is 16.4. The van der Waals surface area contributed by atoms with Gasteiger partial charge in [0.05, 0.1) is 0 Å². The van der Waals surface area contributed by atoms with Crippen LogP contribution >= 0.6 is 0 Å². The molecular weight excluding hydrogens is 115 g/mol. The van der Waals surface area contributed by atoms with Crippen LogP contribution in [0.4, 0.5) is 0 Å². The summed E-state index contributed by atoms with van der Waals surface area (Å²) in [5.41, 5.74) is 0.706. The molecule has 2 N–H and O–H groups in total. The van der Waals surface area contributed by atoms with Gasteiger partial charge in [0.15, 0.2) is 0 Å². The standard InChI is InChI=1S/C6H9BO2/c8-7(9)6-4-2-1-3-5-6/h1-2,4,8-9H,3,5H2. The first-order valence-corrected chi connectivity index (χ1v) is 3.02. The van der Waals surface area contributed by atoms with Gasteiger partial charge in [-0.05, 0) is 18.3 Å². The Morgan fingerprint density at radius 2 is 2.22 bits per heavy atom. The molecule has 0 saturated carbocycles. The monoisotopic (exact) mass is 124 g/mol. The van der Waals surface area contributed by atoms with Gasteiger partial charge in [-0.25, -0.2) is 0 Å². The second-order valence-corrected chi connectivity index (χ2v) is 2.08. The summed E-state index contributed by atoms with van der Waals surface area (Å²) in [6.45, 7) is 0. The molecule has 0 aliphatic heterocycles. The van der Waals surface area contributed by atoms with Gasteiger partial charge in [-0.1, -0.05) is 18.2 Å². The number of rotatable bonds is 1. The molecule has 0 aromatic heterocycles. The second kappa shape index (κ2) is 2.85. The maximum Gasteiger partial charge on any atom is 0.484 e. The first kappa shape index (κ1) is 6.58. The van der Waals surface area contributed by atoms with Crippen LogP contribution in [0, 0.1) is 0 Å². The molecule has 0 aromatic carbocycles. The molecule has 0 bridgehead atoms. The molecule has 2 nitrogen and oxygen atoms in total. The summed E-state index contributed by atoms with van der Waals surface area (Å²) in [4.78, 5) is 0. The molecule has 0 radical (unpaired) electrons. The molecule has 0 unspecified atom stereocenters. The molecular formula is C6H9BO2. The minimum Gasteiger partial charge on any atom is -0.423 e. The van der Waals surface area contributed by atoms with Gasteiger partial charge >= 0.3 is 7.12 Å². The lowest BCUT2D eigenvalue weighted by atomic mass is 9.75. The first-order valence-electron chi connectivity index (χ1n) is 3.02. The van der Waals surface area contributed by atoms with Gasteiger partial charge in [-0.2, -0.15) is 0 Å². The Labute approximate surface area is 54.7 Å². The summed E-state index contributed by atoms with van der Waals surface area (Å²) in [5, 5.41) is 17.3. The van der Waals surface area contributed by atoms with Crippen molar-refractivity contribution >= 4 is 7.12 Å². The fourth-order valence-electron chi connectivity index (χ4n) is 0.836. The third kappa shape index (κ3) is 1.70. The highest BCUT2D eigenvalue weighted by molar-refractivity contribution is 6.50. The van der Waals surface area contributed by atoms with Crippen molar-refractivity contribution in [1.29, 1.82) is 0 Å². The Hall–Kier alpha value is -0.535. The topological polar surface area (TPSA) is 40.5 Å². The molecule has 0 fully saturated rings. The summed E-state index contributed by atoms with van der Waals surface area (Å²) in [7, 11) is -1.25. The summed E-state index contributed by atoms with van der Waals surface area (Å²) in [5.74, 6) is 0. The predicted molar refractivity (Wildman–Crippen MR) is 36.6 cm³/mol. The van der Waals surface area contributed by atoms with Crippen LogP contribution in [0.15, 0.2) is 23.7 Å². The Kier molecular flexibility index (Phi) is 2.08. The van der Waals surface area contributed by atoms with Crippen molar-refractivity contribution in [3.63, 3.8) is 0 Å². The number of hydrogen-bond donors (Lipinski definition) is 2. The maximum atomic E-state index is 8.63. The van der Waals surface area contributed by atoms with Crippen LogP contribution in [0.1, 0.15) is 12.8 Å². The maximum absolute atomic E-state index is 8.63. The van der Waals surface area contributed by atoms with Gasteiger partial charge in [-0.15, -0.1) is 0 Å². The minimum atomic E-state index is -1.25. The fraction of sp³-hybridized carbons (Fsp3) is 0.333. The SMILES string of the molecule is OB(O)C1=CC=CCC1. The van der Waals surface area contributed by atoms with E-state index in [4.69, 9.17) is 10.0 Å². The summed E-state index contributed by atoms with van der Waals surface area (Å²) < 4.78 is 0. The largest absolute Gasteiger partial charge is 0.484 e. The zero-order chi connectivity index (χ0) is 6.69. The van der Waals surface area contributed by atoms with Crippen LogP contribution in [-0.2, 0) is 0 Å². The molecule has 0 saturated heterocycles. The third-order valence-corrected chi connectivity index (χ3v) is 1.38. The van der Waals surface area contributed by atoms with Gasteiger partial charge in [0, 0.05) is 0 Å². The molecule has 1 aliphatic carbocycles. The summed E-state index contributed by atoms with van der Waals surface area (Å²) in [6, 6.07) is 0. The van der Waals surface area contributed by atoms with Gasteiger partial charge in [0.1, 0.15) is 0 Å². The van der Waals surface area contributed by atoms with Crippen molar-refractivity contribution in [2.75, 3.05) is 0 Å². The van der Waals surface area contributed by atoms with E-state index in [-0.39, 0.29) is 0 Å². The molecule has 0 spiro atoms. The highest BCUT2D eigenvalue weighted by Gasteiger charge is 2.13. The summed E-state index contributed by atoms with van der Waals surface area (Å²) >= 11 is 0. The van der Waals surface area contributed by atoms with Crippen molar-refractivity contribution in [2.24, 2.45) is 0 Å². The Bertz CT molecular complexity index is 149. The van der Waals surface area contributed by atoms with Gasteiger partial charge in [0.2, 0.25) is 0 Å². The van der Waals surface area contributed by atoms with E-state index in [2.05, 4.69) is 0 Å². The fourth-order valence-corrected chi connectivity index (χ4v) is 0.836. The van der Waals surface area contributed by atoms with E-state index in [1.54, 1.807) is 6.08 Å². The molecule has 48 valence electrons. The van der Waals surface area contributed by atoms with Gasteiger partial charge in [0.25, 0.3) is 0 Å². The van der Waals surface area contributed by atoms with Crippen LogP contribution in [-0.4, -0.2) is 17.2 Å². The zero-order valence-electron chi connectivity index (χ0n) is 5.12. The van der Waals surface area contributed by atoms with Crippen molar-refractivity contribution < 1.29 is 10.0 Å². The van der Waals surface area contributed by atoms with Crippen LogP contribution < -0.4 is 0 Å². The van der Waals surface area contributed by atoms with Crippen molar-refractivity contribution in [1.82, 2.24) is 0 Å². The average Bonchev–Trinajstić information content (AvgIpc) is 1.90. The van der Waals surface area contributed by atoms with E-state index in [1.807, 2.05) is 12.2 Å². The quantitative estimate of drug-likeness (QED) is 0.492. The molecule has 1 rings (SSSR count). The van der Waals surface area contributed by atoms with Crippen molar-refractivity contribution in [2.45, 2.75) is 12.8 Å². The molecule has 3 heteroatoms. The van der Waals surface area contributed by atoms with Crippen LogP contribution in [0.3, 0.4) is 0 Å². The van der Waals surface area contributed by atoms with Crippen LogP contribution in [0.5, 0.6) is 0 Å². The summed E-state index contributed by atoms with van der Waals surface area (Å²) in [6.07, 6.45) is 7.29. The Morgan fingerprint density at radius 3 is 2.56 bits per heavy atom. The molecule has 0 atom stereocenters. The van der Waals surface area contributed by atoms with Gasteiger partial charge in [-0.3, -0.25) is 0 Å². The zero-order valence-corrected chi connectivity index (χ0v) is 5.12. The first-order chi connectivity index (χ1) is 4.30. The minimum absolute atomic E-state index is 0.706. The van der Waals surface area contributed by atoms with E-state index < -0.39 is 7.12 Å². The van der Waals surface area contributed by atoms with E-state index in [0.717, 1.165) is 12.8 Å². The van der Waals surface area contributed by atoms with E-state index in [0.29, 0.717) is 5.47 Å². The lowest BCUT2D eigenvalue weighted by Gasteiger charge is -2.05. The molecule has 9 heavy (non-hydrogen) atoms. The highest BCUT2D eigenvalue weighted by Crippen LogP contribution is 2.11. The van der Waals surface area contributed by atoms with E-state index in [1.165, 1.54) is 0 Å². The number of hydrogen-bond acceptors (Lipinski definition) is 2. The lowest BCUT2D eigenvalue weighted by Crippen LogP contribution is -2.15. The Morgan fingerprint density at radius 1 is 1.44 bits per heavy atom. The smallest absolute Gasteiger partial charge is 0.423 e. The van der Waals surface area contributed by atoms with Crippen molar-refractivity contribution in [3.8, 4) is 0 Å². The van der Waals surface area contributed by atoms with E-state index >= 15 is 0 Å². The van der Waals surface area contributed by atoms with Crippen LogP contribution in [0.25, 0.3) is 0 Å². The normalized spacial score (nSPS) is 17.3.